The van der Waals surface area contributed by atoms with Crippen LogP contribution in [0.1, 0.15) is 42.5 Å². The average molecular weight is 540 g/mol. The quantitative estimate of drug-likeness (QED) is 0.562. The first-order valence-electron chi connectivity index (χ1n) is 11.0. The van der Waals surface area contributed by atoms with Gasteiger partial charge in [0.25, 0.3) is 5.91 Å². The number of halogens is 4. The van der Waals surface area contributed by atoms with Crippen LogP contribution in [0.4, 0.5) is 23.2 Å². The summed E-state index contributed by atoms with van der Waals surface area (Å²) in [5.41, 5.74) is -5.31. The normalized spacial score (nSPS) is 19.9. The molecule has 2 aromatic carbocycles. The molecular formula is C24H21F4N3O5S. The summed E-state index contributed by atoms with van der Waals surface area (Å²) in [5.74, 6) is -2.80. The van der Waals surface area contributed by atoms with Crippen LogP contribution in [0.3, 0.4) is 0 Å². The lowest BCUT2D eigenvalue weighted by Gasteiger charge is -2.28. The molecular weight excluding hydrogens is 518 g/mol. The van der Waals surface area contributed by atoms with Crippen LogP contribution in [0.2, 0.25) is 0 Å². The van der Waals surface area contributed by atoms with Crippen LogP contribution in [0.25, 0.3) is 0 Å². The Hall–Kier alpha value is -3.50. The summed E-state index contributed by atoms with van der Waals surface area (Å²) in [6, 6.07) is 6.65. The third-order valence-corrected chi connectivity index (χ3v) is 7.82. The topological polar surface area (TPSA) is 128 Å². The van der Waals surface area contributed by atoms with Crippen LogP contribution in [-0.2, 0) is 31.6 Å². The molecule has 1 fully saturated rings. The Morgan fingerprint density at radius 2 is 1.84 bits per heavy atom. The number of hydrogen-bond donors (Lipinski definition) is 2. The first kappa shape index (κ1) is 26.6. The van der Waals surface area contributed by atoms with Gasteiger partial charge < -0.3 is 15.3 Å². The van der Waals surface area contributed by atoms with Crippen LogP contribution in [-0.4, -0.2) is 42.7 Å². The Labute approximate surface area is 209 Å². The molecule has 2 atom stereocenters. The van der Waals surface area contributed by atoms with E-state index in [2.05, 4.69) is 5.32 Å². The van der Waals surface area contributed by atoms with Crippen LogP contribution in [0.15, 0.2) is 41.3 Å². The Morgan fingerprint density at radius 1 is 1.19 bits per heavy atom. The zero-order valence-corrected chi connectivity index (χ0v) is 20.4. The van der Waals surface area contributed by atoms with Crippen LogP contribution >= 0.6 is 0 Å². The van der Waals surface area contributed by atoms with Gasteiger partial charge in [-0.2, -0.15) is 18.4 Å². The van der Waals surface area contributed by atoms with Gasteiger partial charge in [0.1, 0.15) is 17.3 Å². The molecule has 0 saturated heterocycles. The van der Waals surface area contributed by atoms with Gasteiger partial charge in [0.2, 0.25) is 5.91 Å². The molecule has 37 heavy (non-hydrogen) atoms. The molecule has 2 amide bonds. The number of nitrogens with one attached hydrogen (secondary N) is 1. The number of anilines is 1. The highest BCUT2D eigenvalue weighted by atomic mass is 32.2. The fraction of sp³-hybridized carbons (Fsp3) is 0.375. The molecule has 1 aliphatic carbocycles. The summed E-state index contributed by atoms with van der Waals surface area (Å²) in [4.78, 5) is 27.6. The molecule has 1 saturated carbocycles. The largest absolute Gasteiger partial charge is 0.421 e. The molecule has 0 radical (unpaired) electrons. The van der Waals surface area contributed by atoms with E-state index in [9.17, 15) is 45.9 Å². The van der Waals surface area contributed by atoms with Crippen molar-refractivity contribution in [3.63, 3.8) is 0 Å². The maximum atomic E-state index is 14.7. The average Bonchev–Trinajstić information content (AvgIpc) is 3.51. The highest BCUT2D eigenvalue weighted by Gasteiger charge is 2.56. The fourth-order valence-corrected chi connectivity index (χ4v) is 4.86. The van der Waals surface area contributed by atoms with Gasteiger partial charge in [0.15, 0.2) is 15.4 Å². The zero-order valence-electron chi connectivity index (χ0n) is 19.6. The van der Waals surface area contributed by atoms with E-state index in [1.807, 2.05) is 6.07 Å². The predicted octanol–water partition coefficient (Wildman–Crippen LogP) is 3.32. The third-order valence-electron chi connectivity index (χ3n) is 6.71. The van der Waals surface area contributed by atoms with Crippen molar-refractivity contribution in [2.24, 2.45) is 5.41 Å². The van der Waals surface area contributed by atoms with Crippen molar-refractivity contribution < 1.29 is 40.7 Å². The van der Waals surface area contributed by atoms with E-state index >= 15 is 0 Å². The van der Waals surface area contributed by atoms with E-state index in [-0.39, 0.29) is 29.8 Å². The van der Waals surface area contributed by atoms with Crippen molar-refractivity contribution in [2.45, 2.75) is 49.0 Å². The lowest BCUT2D eigenvalue weighted by Crippen LogP contribution is -2.40. The molecule has 2 unspecified atom stereocenters. The highest BCUT2D eigenvalue weighted by molar-refractivity contribution is 7.90. The number of sulfone groups is 1. The predicted molar refractivity (Wildman–Crippen MR) is 121 cm³/mol. The number of fused-ring (bicyclic) bond motifs is 1. The van der Waals surface area contributed by atoms with Gasteiger partial charge >= 0.3 is 6.18 Å². The number of alkyl halides is 3. The molecule has 0 aromatic heterocycles. The van der Waals surface area contributed by atoms with Crippen molar-refractivity contribution in [3.05, 3.63) is 58.9 Å². The summed E-state index contributed by atoms with van der Waals surface area (Å²) in [6.07, 6.45) is -3.52. The summed E-state index contributed by atoms with van der Waals surface area (Å²) in [5, 5.41) is 21.5. The van der Waals surface area contributed by atoms with Gasteiger partial charge in [-0.15, -0.1) is 0 Å². The maximum absolute atomic E-state index is 14.7. The second-order valence-electron chi connectivity index (χ2n) is 9.42. The number of hydrogen-bond acceptors (Lipinski definition) is 6. The van der Waals surface area contributed by atoms with Gasteiger partial charge in [0, 0.05) is 12.8 Å². The van der Waals surface area contributed by atoms with Crippen LogP contribution < -0.4 is 5.32 Å². The number of carbonyl (C=O) groups excluding carboxylic acids is 2. The number of amides is 2. The summed E-state index contributed by atoms with van der Waals surface area (Å²) in [6.45, 7) is 0.293. The van der Waals surface area contributed by atoms with E-state index in [0.29, 0.717) is 18.6 Å². The minimum Gasteiger partial charge on any atom is -0.376 e. The van der Waals surface area contributed by atoms with Crippen LogP contribution in [0, 0.1) is 22.6 Å². The first-order chi connectivity index (χ1) is 17.0. The van der Waals surface area contributed by atoms with Gasteiger partial charge in [-0.05, 0) is 60.7 Å². The molecule has 2 aliphatic rings. The second-order valence-corrected chi connectivity index (χ2v) is 11.4. The maximum Gasteiger partial charge on any atom is 0.421 e. The summed E-state index contributed by atoms with van der Waals surface area (Å²) in [7, 11) is -3.61. The van der Waals surface area contributed by atoms with Gasteiger partial charge in [-0.3, -0.25) is 9.59 Å². The van der Waals surface area contributed by atoms with E-state index in [0.717, 1.165) is 23.3 Å². The molecule has 0 bridgehead atoms. The Kier molecular flexibility index (Phi) is 6.12. The van der Waals surface area contributed by atoms with Gasteiger partial charge in [0.05, 0.1) is 16.7 Å². The molecule has 1 aliphatic heterocycles. The molecule has 196 valence electrons. The number of nitriles is 1. The van der Waals surface area contributed by atoms with Crippen molar-refractivity contribution in [2.75, 3.05) is 11.6 Å². The first-order valence-corrected chi connectivity index (χ1v) is 12.9. The number of carbonyl (C=O) groups is 2. The lowest BCUT2D eigenvalue weighted by atomic mass is 9.95. The zero-order chi connectivity index (χ0) is 27.6. The fourth-order valence-electron chi connectivity index (χ4n) is 4.19. The smallest absolute Gasteiger partial charge is 0.376 e. The van der Waals surface area contributed by atoms with E-state index in [4.69, 9.17) is 0 Å². The molecule has 4 rings (SSSR count). The van der Waals surface area contributed by atoms with Crippen molar-refractivity contribution in [1.82, 2.24) is 4.90 Å². The van der Waals surface area contributed by atoms with E-state index < -0.39 is 62.0 Å². The van der Waals surface area contributed by atoms with Crippen LogP contribution in [0.5, 0.6) is 0 Å². The number of aliphatic hydroxyl groups is 1. The lowest BCUT2D eigenvalue weighted by molar-refractivity contribution is -0.258. The van der Waals surface area contributed by atoms with Gasteiger partial charge in [-0.1, -0.05) is 12.1 Å². The number of benzene rings is 2. The standard InChI is InChI=1S/C24H21F4N3O5S/c1-22(34,24(26,27)28)14-3-6-18(17(25)10-14)30-20(32)19-16-5-4-15(37(2,35)36)9-13(16)11-31(19)21(33)23(12-29)7-8-23/h3-6,9-10,19,34H,7-8,11H2,1-2H3,(H,30,32). The minimum absolute atomic E-state index is 0.0422. The third kappa shape index (κ3) is 4.55. The molecule has 2 N–H and O–H groups in total. The Balaban J connectivity index is 1.69. The monoisotopic (exact) mass is 539 g/mol. The molecule has 1 heterocycles. The second kappa shape index (κ2) is 8.53. The number of nitrogens with zero attached hydrogens (tertiary/aromatic N) is 2. The van der Waals surface area contributed by atoms with Gasteiger partial charge in [-0.25, -0.2) is 12.8 Å². The molecule has 0 spiro atoms. The molecule has 8 nitrogen and oxygen atoms in total. The molecule has 13 heteroatoms. The Bertz CT molecular complexity index is 1460. The molecule has 2 aromatic rings. The van der Waals surface area contributed by atoms with Crippen molar-refractivity contribution in [1.29, 1.82) is 5.26 Å². The highest BCUT2D eigenvalue weighted by Crippen LogP contribution is 2.50. The van der Waals surface area contributed by atoms with E-state index in [1.165, 1.54) is 18.2 Å². The van der Waals surface area contributed by atoms with Crippen molar-refractivity contribution >= 4 is 27.3 Å². The summed E-state index contributed by atoms with van der Waals surface area (Å²) < 4.78 is 78.0. The van der Waals surface area contributed by atoms with E-state index in [1.54, 1.807) is 0 Å². The summed E-state index contributed by atoms with van der Waals surface area (Å²) >= 11 is 0. The number of rotatable bonds is 5. The minimum atomic E-state index is -5.08. The Morgan fingerprint density at radius 3 is 2.35 bits per heavy atom. The SMILES string of the molecule is CC(O)(c1ccc(NC(=O)C2c3ccc(S(C)(=O)=O)cc3CN2C(=O)C2(C#N)CC2)c(F)c1)C(F)(F)F. The van der Waals surface area contributed by atoms with Crippen molar-refractivity contribution in [3.8, 4) is 6.07 Å².